The highest BCUT2D eigenvalue weighted by molar-refractivity contribution is 5.92. The molecule has 0 aliphatic carbocycles. The molecular formula is C13H17N3O3. The third-order valence-electron chi connectivity index (χ3n) is 3.23. The molecule has 1 aliphatic rings. The summed E-state index contributed by atoms with van der Waals surface area (Å²) in [6.07, 6.45) is 8.02. The second-order valence-electron chi connectivity index (χ2n) is 4.74. The maximum Gasteiger partial charge on any atom is 0.308 e. The minimum absolute atomic E-state index is 0.144. The lowest BCUT2D eigenvalue weighted by Crippen LogP contribution is -2.41. The van der Waals surface area contributed by atoms with Crippen molar-refractivity contribution >= 4 is 18.0 Å². The predicted molar refractivity (Wildman–Crippen MR) is 69.2 cm³/mol. The van der Waals surface area contributed by atoms with Crippen molar-refractivity contribution in [3.63, 3.8) is 0 Å². The second kappa shape index (κ2) is 5.69. The smallest absolute Gasteiger partial charge is 0.308 e. The Morgan fingerprint density at radius 3 is 2.95 bits per heavy atom. The maximum atomic E-state index is 12.0. The zero-order valence-corrected chi connectivity index (χ0v) is 10.8. The van der Waals surface area contributed by atoms with Crippen LogP contribution in [0.25, 0.3) is 6.08 Å². The van der Waals surface area contributed by atoms with Crippen LogP contribution >= 0.6 is 0 Å². The van der Waals surface area contributed by atoms with Gasteiger partial charge in [0.2, 0.25) is 5.91 Å². The zero-order chi connectivity index (χ0) is 13.8. The number of aryl methyl sites for hydroxylation is 1. The van der Waals surface area contributed by atoms with E-state index in [1.807, 2.05) is 0 Å². The Morgan fingerprint density at radius 1 is 1.53 bits per heavy atom. The van der Waals surface area contributed by atoms with E-state index in [4.69, 9.17) is 5.11 Å². The molecule has 1 aromatic heterocycles. The molecule has 0 saturated carbocycles. The van der Waals surface area contributed by atoms with Gasteiger partial charge in [-0.15, -0.1) is 0 Å². The van der Waals surface area contributed by atoms with Crippen molar-refractivity contribution in [2.24, 2.45) is 13.0 Å². The fourth-order valence-corrected chi connectivity index (χ4v) is 2.18. The molecule has 0 bridgehead atoms. The molecule has 2 heterocycles. The second-order valence-corrected chi connectivity index (χ2v) is 4.74. The van der Waals surface area contributed by atoms with E-state index >= 15 is 0 Å². The highest BCUT2D eigenvalue weighted by Crippen LogP contribution is 2.17. The molecule has 0 aromatic carbocycles. The van der Waals surface area contributed by atoms with E-state index in [-0.39, 0.29) is 5.91 Å². The van der Waals surface area contributed by atoms with Gasteiger partial charge in [-0.2, -0.15) is 5.10 Å². The lowest BCUT2D eigenvalue weighted by molar-refractivity contribution is -0.144. The van der Waals surface area contributed by atoms with Crippen LogP contribution in [0.4, 0.5) is 0 Å². The topological polar surface area (TPSA) is 75.4 Å². The Labute approximate surface area is 111 Å². The van der Waals surface area contributed by atoms with Crippen LogP contribution in [0, 0.1) is 5.92 Å². The van der Waals surface area contributed by atoms with Crippen LogP contribution in [0.1, 0.15) is 18.4 Å². The Kier molecular flexibility index (Phi) is 3.99. The van der Waals surface area contributed by atoms with Gasteiger partial charge in [0.1, 0.15) is 0 Å². The third kappa shape index (κ3) is 3.43. The van der Waals surface area contributed by atoms with Crippen LogP contribution in [0.3, 0.4) is 0 Å². The van der Waals surface area contributed by atoms with E-state index in [9.17, 15) is 9.59 Å². The number of aromatic nitrogens is 2. The molecule has 2 rings (SSSR count). The lowest BCUT2D eigenvalue weighted by atomic mass is 9.98. The van der Waals surface area contributed by atoms with Gasteiger partial charge in [0, 0.05) is 38.0 Å². The maximum absolute atomic E-state index is 12.0. The number of amides is 1. The van der Waals surface area contributed by atoms with Gasteiger partial charge in [0.05, 0.1) is 12.1 Å². The van der Waals surface area contributed by atoms with Crippen molar-refractivity contribution in [1.82, 2.24) is 14.7 Å². The average Bonchev–Trinajstić information content (AvgIpc) is 2.82. The zero-order valence-electron chi connectivity index (χ0n) is 10.8. The number of rotatable bonds is 3. The third-order valence-corrected chi connectivity index (χ3v) is 3.23. The number of carboxylic acid groups (broad SMARTS) is 1. The van der Waals surface area contributed by atoms with Crippen LogP contribution in [-0.4, -0.2) is 44.8 Å². The van der Waals surface area contributed by atoms with Crippen LogP contribution in [-0.2, 0) is 16.6 Å². The monoisotopic (exact) mass is 263 g/mol. The summed E-state index contributed by atoms with van der Waals surface area (Å²) in [6.45, 7) is 0.922. The Morgan fingerprint density at radius 2 is 2.32 bits per heavy atom. The first-order valence-corrected chi connectivity index (χ1v) is 6.24. The number of carbonyl (C=O) groups excluding carboxylic acids is 1. The SMILES string of the molecule is Cn1cc(/C=C/C(=O)N2CCC[C@@H](C(=O)O)C2)cn1. The number of nitrogens with zero attached hydrogens (tertiary/aromatic N) is 3. The van der Waals surface area contributed by atoms with Crippen molar-refractivity contribution in [2.45, 2.75) is 12.8 Å². The molecule has 0 unspecified atom stereocenters. The Balaban J connectivity index is 1.96. The molecule has 6 nitrogen and oxygen atoms in total. The van der Waals surface area contributed by atoms with Crippen molar-refractivity contribution in [3.05, 3.63) is 24.0 Å². The van der Waals surface area contributed by atoms with Crippen LogP contribution < -0.4 is 0 Å². The molecule has 19 heavy (non-hydrogen) atoms. The molecule has 1 atom stereocenters. The van der Waals surface area contributed by atoms with E-state index in [0.29, 0.717) is 19.5 Å². The fraction of sp³-hybridized carbons (Fsp3) is 0.462. The summed E-state index contributed by atoms with van der Waals surface area (Å²) in [5.74, 6) is -1.41. The lowest BCUT2D eigenvalue weighted by Gasteiger charge is -2.29. The minimum Gasteiger partial charge on any atom is -0.481 e. The molecule has 0 radical (unpaired) electrons. The molecule has 1 fully saturated rings. The first kappa shape index (κ1) is 13.3. The van der Waals surface area contributed by atoms with Gasteiger partial charge in [-0.25, -0.2) is 0 Å². The average molecular weight is 263 g/mol. The molecule has 1 amide bonds. The largest absolute Gasteiger partial charge is 0.481 e. The summed E-state index contributed by atoms with van der Waals surface area (Å²) >= 11 is 0. The normalized spacial score (nSPS) is 19.8. The quantitative estimate of drug-likeness (QED) is 0.817. The Hall–Kier alpha value is -2.11. The number of likely N-dealkylation sites (tertiary alicyclic amines) is 1. The number of carbonyl (C=O) groups is 2. The number of piperidine rings is 1. The van der Waals surface area contributed by atoms with Gasteiger partial charge < -0.3 is 10.0 Å². The number of hydrogen-bond donors (Lipinski definition) is 1. The molecule has 0 spiro atoms. The fourth-order valence-electron chi connectivity index (χ4n) is 2.18. The summed E-state index contributed by atoms with van der Waals surface area (Å²) in [5, 5.41) is 13.0. The molecule has 102 valence electrons. The van der Waals surface area contributed by atoms with Crippen molar-refractivity contribution in [1.29, 1.82) is 0 Å². The summed E-state index contributed by atoms with van der Waals surface area (Å²) in [4.78, 5) is 24.5. The number of carboxylic acids is 1. The van der Waals surface area contributed by atoms with Crippen LogP contribution in [0.15, 0.2) is 18.5 Å². The van der Waals surface area contributed by atoms with Gasteiger partial charge in [-0.05, 0) is 18.9 Å². The highest BCUT2D eigenvalue weighted by atomic mass is 16.4. The van der Waals surface area contributed by atoms with E-state index in [1.165, 1.54) is 6.08 Å². The van der Waals surface area contributed by atoms with Crippen molar-refractivity contribution in [2.75, 3.05) is 13.1 Å². The van der Waals surface area contributed by atoms with Crippen LogP contribution in [0.2, 0.25) is 0 Å². The molecule has 6 heteroatoms. The van der Waals surface area contributed by atoms with Gasteiger partial charge in [-0.3, -0.25) is 14.3 Å². The van der Waals surface area contributed by atoms with Gasteiger partial charge in [-0.1, -0.05) is 0 Å². The van der Waals surface area contributed by atoms with E-state index in [0.717, 1.165) is 12.0 Å². The first-order valence-electron chi connectivity index (χ1n) is 6.24. The molecule has 1 saturated heterocycles. The van der Waals surface area contributed by atoms with E-state index < -0.39 is 11.9 Å². The molecule has 1 aromatic rings. The molecule has 1 aliphatic heterocycles. The minimum atomic E-state index is -0.825. The van der Waals surface area contributed by atoms with E-state index in [1.54, 1.807) is 35.1 Å². The van der Waals surface area contributed by atoms with Crippen LogP contribution in [0.5, 0.6) is 0 Å². The number of aliphatic carboxylic acids is 1. The highest BCUT2D eigenvalue weighted by Gasteiger charge is 2.26. The standard InChI is InChI=1S/C13H17N3O3/c1-15-8-10(7-14-15)4-5-12(17)16-6-2-3-11(9-16)13(18)19/h4-5,7-8,11H,2-3,6,9H2,1H3,(H,18,19)/b5-4+/t11-/m1/s1. The summed E-state index contributed by atoms with van der Waals surface area (Å²) in [6, 6.07) is 0. The number of hydrogen-bond acceptors (Lipinski definition) is 3. The van der Waals surface area contributed by atoms with Gasteiger partial charge in [0.15, 0.2) is 0 Å². The Bertz CT molecular complexity index is 507. The van der Waals surface area contributed by atoms with E-state index in [2.05, 4.69) is 5.10 Å². The molecular weight excluding hydrogens is 246 g/mol. The predicted octanol–water partition coefficient (Wildman–Crippen LogP) is 0.756. The van der Waals surface area contributed by atoms with Crippen molar-refractivity contribution < 1.29 is 14.7 Å². The molecule has 1 N–H and O–H groups in total. The van der Waals surface area contributed by atoms with Gasteiger partial charge >= 0.3 is 5.97 Å². The first-order chi connectivity index (χ1) is 9.06. The summed E-state index contributed by atoms with van der Waals surface area (Å²) in [7, 11) is 1.81. The van der Waals surface area contributed by atoms with Gasteiger partial charge in [0.25, 0.3) is 0 Å². The summed E-state index contributed by atoms with van der Waals surface area (Å²) < 4.78 is 1.66. The van der Waals surface area contributed by atoms with Crippen molar-refractivity contribution in [3.8, 4) is 0 Å². The summed E-state index contributed by atoms with van der Waals surface area (Å²) in [5.41, 5.74) is 0.850.